The van der Waals surface area contributed by atoms with Gasteiger partial charge in [-0.2, -0.15) is 0 Å². The van der Waals surface area contributed by atoms with E-state index in [1.54, 1.807) is 6.07 Å². The van der Waals surface area contributed by atoms with E-state index in [0.717, 1.165) is 23.0 Å². The maximum Gasteiger partial charge on any atom is 0.262 e. The van der Waals surface area contributed by atoms with E-state index in [1.807, 2.05) is 49.4 Å². The maximum absolute atomic E-state index is 11.5. The van der Waals surface area contributed by atoms with Gasteiger partial charge in [0.15, 0.2) is 12.9 Å². The molecule has 4 heteroatoms. The Labute approximate surface area is 128 Å². The molecule has 1 N–H and O–H groups in total. The molecule has 0 radical (unpaired) electrons. The Balaban J connectivity index is 2.05. The number of aldehydes is 1. The van der Waals surface area contributed by atoms with Gasteiger partial charge >= 0.3 is 0 Å². The van der Waals surface area contributed by atoms with Gasteiger partial charge in [-0.3, -0.25) is 9.59 Å². The van der Waals surface area contributed by atoms with E-state index >= 15 is 0 Å². The van der Waals surface area contributed by atoms with Crippen molar-refractivity contribution in [3.63, 3.8) is 0 Å². The van der Waals surface area contributed by atoms with Gasteiger partial charge in [0.2, 0.25) is 0 Å². The highest BCUT2D eigenvalue weighted by Gasteiger charge is 2.19. The van der Waals surface area contributed by atoms with E-state index in [1.165, 1.54) is 0 Å². The number of allylic oxidation sites excluding steroid dienone is 1. The Morgan fingerprint density at radius 3 is 2.73 bits per heavy atom. The van der Waals surface area contributed by atoms with Gasteiger partial charge in [-0.15, -0.1) is 0 Å². The Bertz CT molecular complexity index is 763. The van der Waals surface area contributed by atoms with E-state index in [0.29, 0.717) is 17.0 Å². The van der Waals surface area contributed by atoms with Crippen molar-refractivity contribution in [3.8, 4) is 5.75 Å². The number of carbonyl (C=O) groups excluding carboxylic acids is 2. The third kappa shape index (κ3) is 2.76. The molecule has 110 valence electrons. The standard InChI is InChI=1S/C18H15NO3/c1-12-7-14(9-16-18(12)22-11-17(21)19-16)15(10-20)8-13-5-3-2-4-6-13/h2-10H,11H2,1H3,(H,19,21)/b15-8-. The van der Waals surface area contributed by atoms with Crippen LogP contribution in [-0.4, -0.2) is 18.8 Å². The summed E-state index contributed by atoms with van der Waals surface area (Å²) >= 11 is 0. The average molecular weight is 293 g/mol. The van der Waals surface area contributed by atoms with E-state index in [4.69, 9.17) is 4.74 Å². The lowest BCUT2D eigenvalue weighted by Crippen LogP contribution is -2.26. The molecule has 1 heterocycles. The predicted octanol–water partition coefficient (Wildman–Crippen LogP) is 3.07. The first-order valence-electron chi connectivity index (χ1n) is 6.97. The third-order valence-electron chi connectivity index (χ3n) is 3.48. The fourth-order valence-corrected chi connectivity index (χ4v) is 2.46. The van der Waals surface area contributed by atoms with Crippen molar-refractivity contribution >= 4 is 29.5 Å². The summed E-state index contributed by atoms with van der Waals surface area (Å²) in [5.41, 5.74) is 3.73. The minimum Gasteiger partial charge on any atom is -0.481 e. The molecule has 0 bridgehead atoms. The molecule has 0 aliphatic carbocycles. The van der Waals surface area contributed by atoms with Gasteiger partial charge in [-0.25, -0.2) is 0 Å². The molecule has 0 fully saturated rings. The zero-order valence-corrected chi connectivity index (χ0v) is 12.1. The second-order valence-electron chi connectivity index (χ2n) is 5.13. The van der Waals surface area contributed by atoms with Crippen molar-refractivity contribution in [3.05, 3.63) is 59.2 Å². The predicted molar refractivity (Wildman–Crippen MR) is 85.7 cm³/mol. The van der Waals surface area contributed by atoms with E-state index in [2.05, 4.69) is 5.32 Å². The largest absolute Gasteiger partial charge is 0.481 e. The molecule has 1 amide bonds. The lowest BCUT2D eigenvalue weighted by atomic mass is 10.00. The van der Waals surface area contributed by atoms with Gasteiger partial charge in [-0.05, 0) is 41.8 Å². The Morgan fingerprint density at radius 1 is 1.23 bits per heavy atom. The summed E-state index contributed by atoms with van der Waals surface area (Å²) < 4.78 is 5.43. The Kier molecular flexibility index (Phi) is 3.74. The first-order chi connectivity index (χ1) is 10.7. The molecule has 2 aromatic carbocycles. The Morgan fingerprint density at radius 2 is 2.00 bits per heavy atom. The maximum atomic E-state index is 11.5. The van der Waals surface area contributed by atoms with Crippen LogP contribution in [0, 0.1) is 6.92 Å². The molecule has 22 heavy (non-hydrogen) atoms. The molecule has 0 atom stereocenters. The number of carbonyl (C=O) groups is 2. The molecule has 0 unspecified atom stereocenters. The van der Waals surface area contributed by atoms with Gasteiger partial charge in [0.05, 0.1) is 5.69 Å². The van der Waals surface area contributed by atoms with Crippen LogP contribution in [0.1, 0.15) is 16.7 Å². The summed E-state index contributed by atoms with van der Waals surface area (Å²) in [5, 5.41) is 2.78. The number of fused-ring (bicyclic) bond motifs is 1. The lowest BCUT2D eigenvalue weighted by Gasteiger charge is -2.20. The molecule has 4 nitrogen and oxygen atoms in total. The first-order valence-corrected chi connectivity index (χ1v) is 6.97. The number of hydrogen-bond acceptors (Lipinski definition) is 3. The van der Waals surface area contributed by atoms with Crippen molar-refractivity contribution in [1.29, 1.82) is 0 Å². The zero-order chi connectivity index (χ0) is 15.5. The van der Waals surface area contributed by atoms with Crippen LogP contribution in [0.4, 0.5) is 5.69 Å². The number of benzene rings is 2. The summed E-state index contributed by atoms with van der Waals surface area (Å²) in [4.78, 5) is 22.9. The van der Waals surface area contributed by atoms with Crippen LogP contribution in [0.5, 0.6) is 5.75 Å². The Hall–Kier alpha value is -2.88. The minimum absolute atomic E-state index is 0.0214. The monoisotopic (exact) mass is 293 g/mol. The number of anilines is 1. The summed E-state index contributed by atoms with van der Waals surface area (Å²) in [5.74, 6) is 0.469. The molecule has 2 aromatic rings. The van der Waals surface area contributed by atoms with Crippen LogP contribution in [0.3, 0.4) is 0 Å². The van der Waals surface area contributed by atoms with E-state index < -0.39 is 0 Å². The third-order valence-corrected chi connectivity index (χ3v) is 3.48. The molecule has 0 spiro atoms. The number of aryl methyl sites for hydroxylation is 1. The van der Waals surface area contributed by atoms with Crippen LogP contribution in [0.15, 0.2) is 42.5 Å². The number of amides is 1. The number of hydrogen-bond donors (Lipinski definition) is 1. The van der Waals surface area contributed by atoms with Gasteiger partial charge in [0.1, 0.15) is 5.75 Å². The number of nitrogens with one attached hydrogen (secondary N) is 1. The van der Waals surface area contributed by atoms with E-state index in [9.17, 15) is 9.59 Å². The SMILES string of the molecule is Cc1cc(/C(C=O)=C\c2ccccc2)cc2c1OCC(=O)N2. The molecule has 0 saturated heterocycles. The van der Waals surface area contributed by atoms with Crippen LogP contribution in [0.2, 0.25) is 0 Å². The van der Waals surface area contributed by atoms with Gasteiger partial charge < -0.3 is 10.1 Å². The first kappa shape index (κ1) is 14.1. The molecular weight excluding hydrogens is 278 g/mol. The molecule has 0 aromatic heterocycles. The van der Waals surface area contributed by atoms with Crippen LogP contribution in [0.25, 0.3) is 11.6 Å². The highest BCUT2D eigenvalue weighted by molar-refractivity contribution is 6.14. The summed E-state index contributed by atoms with van der Waals surface area (Å²) in [6, 6.07) is 13.3. The second kappa shape index (κ2) is 5.85. The molecule has 1 aliphatic heterocycles. The molecular formula is C18H15NO3. The van der Waals surface area contributed by atoms with Crippen molar-refractivity contribution in [2.75, 3.05) is 11.9 Å². The zero-order valence-electron chi connectivity index (χ0n) is 12.1. The number of ether oxygens (including phenoxy) is 1. The smallest absolute Gasteiger partial charge is 0.262 e. The van der Waals surface area contributed by atoms with Gasteiger partial charge in [0, 0.05) is 5.57 Å². The minimum atomic E-state index is -0.191. The molecule has 3 rings (SSSR count). The highest BCUT2D eigenvalue weighted by atomic mass is 16.5. The summed E-state index contributed by atoms with van der Waals surface area (Å²) in [7, 11) is 0. The van der Waals surface area contributed by atoms with Crippen molar-refractivity contribution in [2.45, 2.75) is 6.92 Å². The fraction of sp³-hybridized carbons (Fsp3) is 0.111. The molecule has 0 saturated carbocycles. The second-order valence-corrected chi connectivity index (χ2v) is 5.13. The quantitative estimate of drug-likeness (QED) is 0.537. The summed E-state index contributed by atoms with van der Waals surface area (Å²) in [6.45, 7) is 1.92. The highest BCUT2D eigenvalue weighted by Crippen LogP contribution is 2.34. The van der Waals surface area contributed by atoms with Gasteiger partial charge in [0.25, 0.3) is 5.91 Å². The van der Waals surface area contributed by atoms with Crippen molar-refractivity contribution in [2.24, 2.45) is 0 Å². The van der Waals surface area contributed by atoms with E-state index in [-0.39, 0.29) is 12.5 Å². The van der Waals surface area contributed by atoms with Crippen LogP contribution >= 0.6 is 0 Å². The molecule has 1 aliphatic rings. The number of rotatable bonds is 3. The topological polar surface area (TPSA) is 55.4 Å². The lowest BCUT2D eigenvalue weighted by molar-refractivity contribution is -0.118. The van der Waals surface area contributed by atoms with Gasteiger partial charge in [-0.1, -0.05) is 30.3 Å². The summed E-state index contributed by atoms with van der Waals surface area (Å²) in [6.07, 6.45) is 2.64. The normalized spacial score (nSPS) is 13.9. The van der Waals surface area contributed by atoms with Crippen LogP contribution in [-0.2, 0) is 9.59 Å². The average Bonchev–Trinajstić information content (AvgIpc) is 2.53. The van der Waals surface area contributed by atoms with Crippen LogP contribution < -0.4 is 10.1 Å². The van der Waals surface area contributed by atoms with Crippen molar-refractivity contribution in [1.82, 2.24) is 0 Å². The fourth-order valence-electron chi connectivity index (χ4n) is 2.46. The van der Waals surface area contributed by atoms with Crippen molar-refractivity contribution < 1.29 is 14.3 Å².